The van der Waals surface area contributed by atoms with Crippen molar-refractivity contribution in [1.82, 2.24) is 4.90 Å². The Morgan fingerprint density at radius 3 is 2.18 bits per heavy atom. The smallest absolute Gasteiger partial charge is 0.489 e. The van der Waals surface area contributed by atoms with Gasteiger partial charge in [0.1, 0.15) is 12.4 Å². The summed E-state index contributed by atoms with van der Waals surface area (Å²) in [6.45, 7) is 2.39. The van der Waals surface area contributed by atoms with E-state index >= 15 is 0 Å². The topological polar surface area (TPSA) is 65.1 Å². The predicted octanol–water partition coefficient (Wildman–Crippen LogP) is 6.10. The van der Waals surface area contributed by atoms with Crippen molar-refractivity contribution in [2.75, 3.05) is 6.54 Å². The number of likely N-dealkylation sites (tertiary alicyclic amines) is 1. The maximum absolute atomic E-state index is 12.0. The van der Waals surface area contributed by atoms with Crippen LogP contribution in [0, 0.1) is 0 Å². The molecular formula is C29H28F3NO5. The number of benzene rings is 3. The van der Waals surface area contributed by atoms with E-state index in [4.69, 9.17) is 4.74 Å². The Morgan fingerprint density at radius 1 is 0.842 bits per heavy atom. The number of hydrogen-bond acceptors (Lipinski definition) is 6. The highest BCUT2D eigenvalue weighted by Crippen LogP contribution is 2.33. The lowest BCUT2D eigenvalue weighted by atomic mass is 10.0. The van der Waals surface area contributed by atoms with Gasteiger partial charge in [0.25, 0.3) is 0 Å². The maximum Gasteiger partial charge on any atom is 0.495 e. The first-order valence-corrected chi connectivity index (χ1v) is 12.3. The van der Waals surface area contributed by atoms with Gasteiger partial charge in [-0.1, -0.05) is 66.7 Å². The lowest BCUT2D eigenvalue weighted by Crippen LogP contribution is -2.26. The lowest BCUT2D eigenvalue weighted by Gasteiger charge is -2.25. The van der Waals surface area contributed by atoms with Gasteiger partial charge in [-0.05, 0) is 60.2 Å². The number of ether oxygens (including phenoxy) is 1. The molecule has 1 fully saturated rings. The molecule has 0 amide bonds. The molecule has 1 heterocycles. The van der Waals surface area contributed by atoms with Crippen LogP contribution in [0.5, 0.6) is 5.75 Å². The Morgan fingerprint density at radius 2 is 1.50 bits per heavy atom. The molecule has 38 heavy (non-hydrogen) atoms. The largest absolute Gasteiger partial charge is 0.495 e. The van der Waals surface area contributed by atoms with Crippen molar-refractivity contribution in [1.29, 1.82) is 0 Å². The van der Waals surface area contributed by atoms with Crippen molar-refractivity contribution in [2.24, 2.45) is 0 Å². The first kappa shape index (κ1) is 27.2. The molecule has 3 aromatic carbocycles. The zero-order chi connectivity index (χ0) is 27.0. The molecule has 1 aliphatic rings. The number of nitrogens with zero attached hydrogens (tertiary/aromatic N) is 1. The van der Waals surface area contributed by atoms with E-state index in [1.807, 2.05) is 6.07 Å². The normalized spacial score (nSPS) is 15.7. The summed E-state index contributed by atoms with van der Waals surface area (Å²) in [5.41, 5.74) is 4.41. The van der Waals surface area contributed by atoms with E-state index in [1.165, 1.54) is 24.0 Å². The van der Waals surface area contributed by atoms with Crippen molar-refractivity contribution >= 4 is 11.9 Å². The number of aryl methyl sites for hydroxylation is 1. The van der Waals surface area contributed by atoms with Crippen LogP contribution in [-0.4, -0.2) is 29.6 Å². The van der Waals surface area contributed by atoms with E-state index in [1.54, 1.807) is 24.3 Å². The highest BCUT2D eigenvalue weighted by atomic mass is 19.4. The summed E-state index contributed by atoms with van der Waals surface area (Å²) >= 11 is 0. The Kier molecular flexibility index (Phi) is 9.02. The van der Waals surface area contributed by atoms with Gasteiger partial charge in [-0.25, -0.2) is 19.4 Å². The lowest BCUT2D eigenvalue weighted by molar-refractivity contribution is -0.285. The molecule has 0 N–H and O–H groups in total. The third kappa shape index (κ3) is 7.82. The number of carbonyl (C=O) groups excluding carboxylic acids is 2. The third-order valence-electron chi connectivity index (χ3n) is 6.35. The van der Waals surface area contributed by atoms with Gasteiger partial charge in [0.15, 0.2) is 0 Å². The molecule has 0 bridgehead atoms. The second-order valence-corrected chi connectivity index (χ2v) is 9.11. The molecule has 1 saturated heterocycles. The summed E-state index contributed by atoms with van der Waals surface area (Å²) in [7, 11) is 0. The van der Waals surface area contributed by atoms with E-state index in [0.29, 0.717) is 18.4 Å². The van der Waals surface area contributed by atoms with Crippen molar-refractivity contribution in [3.8, 4) is 5.75 Å². The molecule has 0 aliphatic carbocycles. The van der Waals surface area contributed by atoms with Gasteiger partial charge >= 0.3 is 18.1 Å². The monoisotopic (exact) mass is 527 g/mol. The second-order valence-electron chi connectivity index (χ2n) is 9.11. The van der Waals surface area contributed by atoms with Crippen LogP contribution in [0.15, 0.2) is 78.9 Å². The Balaban J connectivity index is 1.20. The summed E-state index contributed by atoms with van der Waals surface area (Å²) in [6.07, 6.45) is -2.90. The number of halogens is 3. The quantitative estimate of drug-likeness (QED) is 0.248. The van der Waals surface area contributed by atoms with E-state index in [9.17, 15) is 22.8 Å². The zero-order valence-corrected chi connectivity index (χ0v) is 20.7. The van der Waals surface area contributed by atoms with E-state index in [-0.39, 0.29) is 12.8 Å². The van der Waals surface area contributed by atoms with Crippen LogP contribution in [0.25, 0.3) is 0 Å². The number of carbonyl (C=O) groups is 2. The highest BCUT2D eigenvalue weighted by molar-refractivity contribution is 5.77. The van der Waals surface area contributed by atoms with Gasteiger partial charge in [0.05, 0.1) is 6.42 Å². The fraction of sp³-hybridized carbons (Fsp3) is 0.310. The minimum atomic E-state index is -5.22. The van der Waals surface area contributed by atoms with E-state index in [0.717, 1.165) is 24.2 Å². The second kappa shape index (κ2) is 12.6. The van der Waals surface area contributed by atoms with Crippen molar-refractivity contribution in [3.05, 3.63) is 101 Å². The fourth-order valence-corrected chi connectivity index (χ4v) is 4.38. The highest BCUT2D eigenvalue weighted by Gasteiger charge is 2.43. The molecule has 0 saturated carbocycles. The molecule has 0 aromatic heterocycles. The molecular weight excluding hydrogens is 499 g/mol. The molecule has 6 nitrogen and oxygen atoms in total. The SMILES string of the molecule is O=C(CCc1ccc(OCc2ccc(CN3CCCC3c3ccccc3)cc2)cc1)OOC(=O)C(F)(F)F. The standard InChI is InChI=1S/C29H28F3NO5/c30-29(31,32)28(35)38-37-27(34)17-14-21-12-15-25(16-13-21)36-20-23-10-8-22(9-11-23)19-33-18-4-7-26(33)24-5-2-1-3-6-24/h1-3,5-6,8-13,15-16,26H,4,7,14,17-20H2. The van der Waals surface area contributed by atoms with Gasteiger partial charge in [-0.3, -0.25) is 4.90 Å². The average Bonchev–Trinajstić information content (AvgIpc) is 3.38. The zero-order valence-electron chi connectivity index (χ0n) is 20.7. The molecule has 1 atom stereocenters. The Labute approximate surface area is 218 Å². The van der Waals surface area contributed by atoms with Crippen LogP contribution in [0.3, 0.4) is 0 Å². The van der Waals surface area contributed by atoms with Crippen molar-refractivity contribution < 1.29 is 37.3 Å². The molecule has 1 aliphatic heterocycles. The molecule has 3 aromatic rings. The van der Waals surface area contributed by atoms with Crippen LogP contribution in [0.1, 0.15) is 47.6 Å². The average molecular weight is 528 g/mol. The number of rotatable bonds is 9. The molecule has 9 heteroatoms. The molecule has 0 spiro atoms. The summed E-state index contributed by atoms with van der Waals surface area (Å²) in [5, 5.41) is 0. The van der Waals surface area contributed by atoms with Gasteiger partial charge in [-0.2, -0.15) is 13.2 Å². The van der Waals surface area contributed by atoms with E-state index in [2.05, 4.69) is 63.2 Å². The maximum atomic E-state index is 12.0. The van der Waals surface area contributed by atoms with Crippen LogP contribution in [0.4, 0.5) is 13.2 Å². The van der Waals surface area contributed by atoms with Crippen molar-refractivity contribution in [2.45, 2.75) is 51.1 Å². The number of hydrogen-bond donors (Lipinski definition) is 0. The van der Waals surface area contributed by atoms with Gasteiger partial charge in [-0.15, -0.1) is 0 Å². The molecule has 4 rings (SSSR count). The number of alkyl halides is 3. The van der Waals surface area contributed by atoms with Gasteiger partial charge in [0.2, 0.25) is 0 Å². The molecule has 1 unspecified atom stereocenters. The molecule has 0 radical (unpaired) electrons. The van der Waals surface area contributed by atoms with Crippen LogP contribution in [-0.2, 0) is 38.9 Å². The van der Waals surface area contributed by atoms with Crippen molar-refractivity contribution in [3.63, 3.8) is 0 Å². The van der Waals surface area contributed by atoms with Crippen LogP contribution >= 0.6 is 0 Å². The first-order chi connectivity index (χ1) is 18.3. The Bertz CT molecular complexity index is 1200. The summed E-state index contributed by atoms with van der Waals surface area (Å²) in [4.78, 5) is 31.9. The predicted molar refractivity (Wildman–Crippen MR) is 133 cm³/mol. The van der Waals surface area contributed by atoms with Crippen LogP contribution < -0.4 is 4.74 Å². The van der Waals surface area contributed by atoms with Gasteiger partial charge < -0.3 is 4.74 Å². The minimum absolute atomic E-state index is 0.201. The van der Waals surface area contributed by atoms with Crippen LogP contribution in [0.2, 0.25) is 0 Å². The van der Waals surface area contributed by atoms with E-state index < -0.39 is 18.1 Å². The first-order valence-electron chi connectivity index (χ1n) is 12.3. The summed E-state index contributed by atoms with van der Waals surface area (Å²) in [5.74, 6) is -3.01. The molecule has 200 valence electrons. The summed E-state index contributed by atoms with van der Waals surface area (Å²) < 4.78 is 42.0. The van der Waals surface area contributed by atoms with Gasteiger partial charge in [0, 0.05) is 12.6 Å². The minimum Gasteiger partial charge on any atom is -0.489 e. The summed E-state index contributed by atoms with van der Waals surface area (Å²) in [6, 6.07) is 26.5. The fourth-order valence-electron chi connectivity index (χ4n) is 4.38. The Hall–Kier alpha value is -3.85. The third-order valence-corrected chi connectivity index (χ3v) is 6.35.